The van der Waals surface area contributed by atoms with Crippen molar-refractivity contribution in [2.75, 3.05) is 29.5 Å². The normalized spacial score (nSPS) is 11.9. The summed E-state index contributed by atoms with van der Waals surface area (Å²) >= 11 is 0. The van der Waals surface area contributed by atoms with Crippen LogP contribution >= 0.6 is 0 Å². The predicted octanol–water partition coefficient (Wildman–Crippen LogP) is 1.99. The minimum absolute atomic E-state index is 0.0889. The van der Waals surface area contributed by atoms with Gasteiger partial charge in [0.25, 0.3) is 0 Å². The first-order valence-corrected chi connectivity index (χ1v) is 7.37. The van der Waals surface area contributed by atoms with E-state index in [1.807, 2.05) is 18.9 Å². The van der Waals surface area contributed by atoms with Crippen LogP contribution < -0.4 is 21.7 Å². The van der Waals surface area contributed by atoms with Crippen molar-refractivity contribution in [2.24, 2.45) is 5.73 Å². The second-order valence-electron chi connectivity index (χ2n) is 5.20. The maximum absolute atomic E-state index is 13.6. The molecule has 0 radical (unpaired) electrons. The summed E-state index contributed by atoms with van der Waals surface area (Å²) in [5, 5.41) is 12.7. The van der Waals surface area contributed by atoms with Crippen molar-refractivity contribution in [2.45, 2.75) is 13.2 Å². The fraction of sp³-hybridized carbons (Fsp3) is 0.250. The molecule has 0 bridgehead atoms. The van der Waals surface area contributed by atoms with Gasteiger partial charge in [0, 0.05) is 24.7 Å². The van der Waals surface area contributed by atoms with Crippen LogP contribution in [-0.4, -0.2) is 28.7 Å². The smallest absolute Gasteiger partial charge is 0.165 e. The zero-order chi connectivity index (χ0) is 17.9. The first kappa shape index (κ1) is 17.6. The van der Waals surface area contributed by atoms with Gasteiger partial charge in [0.1, 0.15) is 12.0 Å². The molecule has 1 unspecified atom stereocenters. The molecule has 2 aromatic heterocycles. The number of nitrogens with two attached hydrogens (primary N) is 2. The van der Waals surface area contributed by atoms with E-state index in [0.717, 1.165) is 23.9 Å². The summed E-state index contributed by atoms with van der Waals surface area (Å²) in [4.78, 5) is 10.1. The molecule has 0 amide bonds. The van der Waals surface area contributed by atoms with E-state index in [2.05, 4.69) is 21.9 Å². The lowest BCUT2D eigenvalue weighted by Gasteiger charge is -2.22. The van der Waals surface area contributed by atoms with Crippen molar-refractivity contribution in [3.05, 3.63) is 42.0 Å². The fourth-order valence-corrected chi connectivity index (χ4v) is 2.22. The molecule has 0 aliphatic carbocycles. The lowest BCUT2D eigenvalue weighted by Crippen LogP contribution is -2.18. The van der Waals surface area contributed by atoms with Crippen molar-refractivity contribution < 1.29 is 9.50 Å². The van der Waals surface area contributed by atoms with Gasteiger partial charge in [-0.05, 0) is 13.0 Å². The third-order valence-corrected chi connectivity index (χ3v) is 3.66. The quantitative estimate of drug-likeness (QED) is 0.598. The third kappa shape index (κ3) is 3.44. The lowest BCUT2D eigenvalue weighted by atomic mass is 10.1. The van der Waals surface area contributed by atoms with Gasteiger partial charge in [0.15, 0.2) is 11.6 Å². The van der Waals surface area contributed by atoms with Gasteiger partial charge in [-0.25, -0.2) is 9.37 Å². The number of nitrogens with one attached hydrogen (secondary N) is 1. The summed E-state index contributed by atoms with van der Waals surface area (Å²) in [5.41, 5.74) is 13.3. The highest BCUT2D eigenvalue weighted by atomic mass is 19.1. The fourth-order valence-electron chi connectivity index (χ4n) is 2.22. The number of halogens is 1. The molecule has 0 saturated carbocycles. The van der Waals surface area contributed by atoms with E-state index in [1.54, 1.807) is 18.5 Å². The summed E-state index contributed by atoms with van der Waals surface area (Å²) in [6.45, 7) is 6.62. The lowest BCUT2D eigenvalue weighted by molar-refractivity contribution is 0.186. The molecule has 6 N–H and O–H groups in total. The summed E-state index contributed by atoms with van der Waals surface area (Å²) in [6, 6.07) is 1.05. The Kier molecular flexibility index (Phi) is 5.32. The molecule has 2 rings (SSSR count). The van der Waals surface area contributed by atoms with Crippen LogP contribution in [0.5, 0.6) is 0 Å². The Bertz CT molecular complexity index is 750. The summed E-state index contributed by atoms with van der Waals surface area (Å²) < 4.78 is 13.6. The maximum atomic E-state index is 13.6. The number of aliphatic hydroxyl groups is 1. The number of hydrogen-bond donors (Lipinski definition) is 4. The van der Waals surface area contributed by atoms with Crippen LogP contribution in [0.4, 0.5) is 27.4 Å². The van der Waals surface area contributed by atoms with Gasteiger partial charge in [-0.15, -0.1) is 0 Å². The first-order chi connectivity index (χ1) is 11.4. The molecule has 2 heterocycles. The number of anilines is 4. The topological polar surface area (TPSA) is 113 Å². The monoisotopic (exact) mass is 332 g/mol. The molecule has 7 nitrogen and oxygen atoms in total. The van der Waals surface area contributed by atoms with Gasteiger partial charge in [0.05, 0.1) is 23.8 Å². The van der Waals surface area contributed by atoms with E-state index in [-0.39, 0.29) is 17.2 Å². The predicted molar refractivity (Wildman–Crippen MR) is 94.3 cm³/mol. The molecule has 24 heavy (non-hydrogen) atoms. The van der Waals surface area contributed by atoms with Gasteiger partial charge >= 0.3 is 0 Å². The van der Waals surface area contributed by atoms with Crippen LogP contribution in [0.1, 0.15) is 24.3 Å². The molecule has 0 spiro atoms. The van der Waals surface area contributed by atoms with E-state index < -0.39 is 12.0 Å². The molecular formula is C16H21FN6O. The van der Waals surface area contributed by atoms with Gasteiger partial charge in [-0.1, -0.05) is 12.7 Å². The van der Waals surface area contributed by atoms with Crippen molar-refractivity contribution in [3.8, 4) is 0 Å². The van der Waals surface area contributed by atoms with E-state index >= 15 is 0 Å². The van der Waals surface area contributed by atoms with Gasteiger partial charge in [0.2, 0.25) is 0 Å². The number of nitrogens with zero attached hydrogens (tertiary/aromatic N) is 3. The minimum Gasteiger partial charge on any atom is -0.381 e. The number of hydrogen-bond acceptors (Lipinski definition) is 7. The van der Waals surface area contributed by atoms with Crippen LogP contribution in [0.15, 0.2) is 25.0 Å². The van der Waals surface area contributed by atoms with E-state index in [1.165, 1.54) is 0 Å². The largest absolute Gasteiger partial charge is 0.381 e. The average molecular weight is 332 g/mol. The number of nitrogen functional groups attached to an aromatic ring is 1. The molecule has 0 saturated heterocycles. The standard InChI is InChI=1S/C16H21FN6O/c1-4-9-12(7-20-8-13(9)23(3)5-2)21-16-10(15(19)24)6-11(17)14(18)22-16/h4,6-8,15,24H,1,5,19H2,2-3H3,(H3,18,21,22). The highest BCUT2D eigenvalue weighted by molar-refractivity contribution is 5.79. The number of aromatic nitrogens is 2. The first-order valence-electron chi connectivity index (χ1n) is 7.37. The summed E-state index contributed by atoms with van der Waals surface area (Å²) in [5.74, 6) is -0.886. The van der Waals surface area contributed by atoms with Crippen LogP contribution in [0, 0.1) is 5.82 Å². The van der Waals surface area contributed by atoms with Crippen molar-refractivity contribution in [1.82, 2.24) is 9.97 Å². The number of pyridine rings is 2. The Morgan fingerprint density at radius 1 is 1.50 bits per heavy atom. The minimum atomic E-state index is -1.41. The molecule has 0 aliphatic rings. The highest BCUT2D eigenvalue weighted by Crippen LogP contribution is 2.31. The molecule has 0 fully saturated rings. The van der Waals surface area contributed by atoms with E-state index in [0.29, 0.717) is 5.69 Å². The Labute approximate surface area is 139 Å². The maximum Gasteiger partial charge on any atom is 0.165 e. The molecule has 0 aromatic carbocycles. The Morgan fingerprint density at radius 3 is 2.79 bits per heavy atom. The summed E-state index contributed by atoms with van der Waals surface area (Å²) in [6.07, 6.45) is 3.57. The Hall–Kier alpha value is -2.71. The van der Waals surface area contributed by atoms with Crippen LogP contribution in [0.3, 0.4) is 0 Å². The number of aliphatic hydroxyl groups excluding tert-OH is 1. The van der Waals surface area contributed by atoms with E-state index in [4.69, 9.17) is 11.5 Å². The Morgan fingerprint density at radius 2 is 2.21 bits per heavy atom. The molecule has 0 aliphatic heterocycles. The number of rotatable bonds is 6. The highest BCUT2D eigenvalue weighted by Gasteiger charge is 2.17. The van der Waals surface area contributed by atoms with Crippen LogP contribution in [-0.2, 0) is 0 Å². The van der Waals surface area contributed by atoms with Crippen LogP contribution in [0.2, 0.25) is 0 Å². The van der Waals surface area contributed by atoms with Crippen molar-refractivity contribution in [3.63, 3.8) is 0 Å². The molecule has 1 atom stereocenters. The van der Waals surface area contributed by atoms with E-state index in [9.17, 15) is 9.50 Å². The zero-order valence-electron chi connectivity index (χ0n) is 13.6. The summed E-state index contributed by atoms with van der Waals surface area (Å²) in [7, 11) is 1.93. The molecule has 2 aromatic rings. The molecular weight excluding hydrogens is 311 g/mol. The van der Waals surface area contributed by atoms with Gasteiger partial charge < -0.3 is 26.8 Å². The zero-order valence-corrected chi connectivity index (χ0v) is 13.6. The van der Waals surface area contributed by atoms with Gasteiger partial charge in [-0.2, -0.15) is 0 Å². The second kappa shape index (κ2) is 7.24. The van der Waals surface area contributed by atoms with Gasteiger partial charge in [-0.3, -0.25) is 4.98 Å². The van der Waals surface area contributed by atoms with Crippen molar-refractivity contribution in [1.29, 1.82) is 0 Å². The third-order valence-electron chi connectivity index (χ3n) is 3.66. The second-order valence-corrected chi connectivity index (χ2v) is 5.20. The molecule has 128 valence electrons. The van der Waals surface area contributed by atoms with Crippen LogP contribution in [0.25, 0.3) is 6.08 Å². The SMILES string of the molecule is C=Cc1c(Nc2nc(N)c(F)cc2C(N)O)cncc1N(C)CC. The van der Waals surface area contributed by atoms with Crippen molar-refractivity contribution >= 4 is 29.1 Å². The Balaban J connectivity index is 2.52. The average Bonchev–Trinajstić information content (AvgIpc) is 2.56. The molecule has 8 heteroatoms.